The molecule has 1 fully saturated rings. The minimum Gasteiger partial charge on any atom is -0.390 e. The van der Waals surface area contributed by atoms with Crippen LogP contribution in [0.1, 0.15) is 43.4 Å². The summed E-state index contributed by atoms with van der Waals surface area (Å²) < 4.78 is 33.1. The molecule has 2 atom stereocenters. The van der Waals surface area contributed by atoms with Crippen molar-refractivity contribution in [1.82, 2.24) is 15.5 Å². The third-order valence-corrected chi connectivity index (χ3v) is 6.90. The average molecular weight is 518 g/mol. The summed E-state index contributed by atoms with van der Waals surface area (Å²) in [5.41, 5.74) is 2.72. The number of aryl methyl sites for hydroxylation is 1. The smallest absolute Gasteiger partial charge is 0.234 e. The molecule has 2 unspecified atom stereocenters. The lowest BCUT2D eigenvalue weighted by Gasteiger charge is -2.32. The van der Waals surface area contributed by atoms with Crippen molar-refractivity contribution in [3.8, 4) is 0 Å². The first kappa shape index (κ1) is 29.2. The Morgan fingerprint density at radius 1 is 1.08 bits per heavy atom. The molecule has 6 nitrogen and oxygen atoms in total. The van der Waals surface area contributed by atoms with Crippen LogP contribution in [0.4, 0.5) is 8.78 Å². The molecular weight excluding hydrogens is 476 g/mol. The highest BCUT2D eigenvalue weighted by molar-refractivity contribution is 5.78. The second-order valence-electron chi connectivity index (χ2n) is 9.91. The molecule has 0 saturated carbocycles. The number of benzene rings is 2. The quantitative estimate of drug-likeness (QED) is 0.358. The third-order valence-electron chi connectivity index (χ3n) is 6.90. The van der Waals surface area contributed by atoms with E-state index in [9.17, 15) is 18.7 Å². The lowest BCUT2D eigenvalue weighted by molar-refractivity contribution is -0.124. The molecule has 37 heavy (non-hydrogen) atoms. The summed E-state index contributed by atoms with van der Waals surface area (Å²) in [5.74, 6) is -1.06. The first-order chi connectivity index (χ1) is 17.9. The molecular formula is C29H41F2N3O3. The Morgan fingerprint density at radius 3 is 2.46 bits per heavy atom. The number of rotatable bonds is 14. The zero-order valence-corrected chi connectivity index (χ0v) is 22.0. The lowest BCUT2D eigenvalue weighted by atomic mass is 9.97. The van der Waals surface area contributed by atoms with Gasteiger partial charge >= 0.3 is 0 Å². The van der Waals surface area contributed by atoms with Crippen molar-refractivity contribution in [3.63, 3.8) is 0 Å². The first-order valence-corrected chi connectivity index (χ1v) is 13.4. The van der Waals surface area contributed by atoms with Gasteiger partial charge in [0.05, 0.1) is 18.7 Å². The molecule has 1 saturated heterocycles. The minimum atomic E-state index is -0.943. The predicted octanol–water partition coefficient (Wildman–Crippen LogP) is 3.45. The van der Waals surface area contributed by atoms with Crippen LogP contribution in [0, 0.1) is 17.6 Å². The summed E-state index contributed by atoms with van der Waals surface area (Å²) in [4.78, 5) is 15.0. The van der Waals surface area contributed by atoms with Crippen LogP contribution in [0.2, 0.25) is 0 Å². The van der Waals surface area contributed by atoms with E-state index in [1.54, 1.807) is 0 Å². The molecule has 0 aliphatic carbocycles. The molecule has 0 aromatic heterocycles. The number of aliphatic hydroxyl groups excluding tert-OH is 1. The highest BCUT2D eigenvalue weighted by Crippen LogP contribution is 2.17. The van der Waals surface area contributed by atoms with Gasteiger partial charge in [0.25, 0.3) is 0 Å². The van der Waals surface area contributed by atoms with E-state index in [2.05, 4.69) is 34.6 Å². The van der Waals surface area contributed by atoms with Crippen LogP contribution in [0.15, 0.2) is 42.5 Å². The summed E-state index contributed by atoms with van der Waals surface area (Å²) in [6.45, 7) is 8.19. The van der Waals surface area contributed by atoms with Crippen LogP contribution in [0.25, 0.3) is 0 Å². The SMILES string of the molecule is CCOCC1CCN(CC(=O)NC(Cc2cc(F)cc(F)c2)C(O)CNCc2cccc(CC)c2)CC1. The van der Waals surface area contributed by atoms with Crippen LogP contribution in [-0.4, -0.2) is 67.5 Å². The number of amides is 1. The van der Waals surface area contributed by atoms with Gasteiger partial charge in [-0.15, -0.1) is 0 Å². The average Bonchev–Trinajstić information content (AvgIpc) is 2.87. The van der Waals surface area contributed by atoms with Gasteiger partial charge in [0.1, 0.15) is 11.6 Å². The predicted molar refractivity (Wildman–Crippen MR) is 141 cm³/mol. The van der Waals surface area contributed by atoms with E-state index < -0.39 is 23.8 Å². The molecule has 1 aliphatic rings. The summed E-state index contributed by atoms with van der Waals surface area (Å²) in [6.07, 6.45) is 2.07. The number of halogens is 2. The van der Waals surface area contributed by atoms with Gasteiger partial charge in [-0.3, -0.25) is 9.69 Å². The molecule has 1 heterocycles. The fourth-order valence-electron chi connectivity index (χ4n) is 4.78. The number of nitrogens with zero attached hydrogens (tertiary/aromatic N) is 1. The van der Waals surface area contributed by atoms with Crippen LogP contribution in [0.5, 0.6) is 0 Å². The molecule has 8 heteroatoms. The highest BCUT2D eigenvalue weighted by atomic mass is 19.1. The van der Waals surface area contributed by atoms with Crippen molar-refractivity contribution in [3.05, 3.63) is 70.8 Å². The van der Waals surface area contributed by atoms with Gasteiger partial charge in [-0.05, 0) is 80.4 Å². The Kier molecular flexibility index (Phi) is 11.9. The molecule has 0 bridgehead atoms. The number of ether oxygens (including phenoxy) is 1. The van der Waals surface area contributed by atoms with Crippen molar-refractivity contribution in [2.45, 2.75) is 58.2 Å². The molecule has 204 valence electrons. The minimum absolute atomic E-state index is 0.116. The topological polar surface area (TPSA) is 73.8 Å². The Labute approximate surface area is 219 Å². The van der Waals surface area contributed by atoms with Gasteiger partial charge in [0, 0.05) is 32.4 Å². The fraction of sp³-hybridized carbons (Fsp3) is 0.552. The Morgan fingerprint density at radius 2 is 1.78 bits per heavy atom. The molecule has 0 spiro atoms. The Bertz CT molecular complexity index is 962. The van der Waals surface area contributed by atoms with Crippen LogP contribution < -0.4 is 10.6 Å². The largest absolute Gasteiger partial charge is 0.390 e. The first-order valence-electron chi connectivity index (χ1n) is 13.4. The normalized spacial score (nSPS) is 16.5. The standard InChI is InChI=1S/C29H41F2N3O3/c1-3-21-6-5-7-23(12-21)17-32-18-28(35)27(15-24-13-25(30)16-26(31)14-24)33-29(36)19-34-10-8-22(9-11-34)20-37-4-2/h5-7,12-14,16,22,27-28,32,35H,3-4,8-11,15,17-20H2,1-2H3,(H,33,36). The van der Waals surface area contributed by atoms with E-state index in [0.717, 1.165) is 50.6 Å². The number of piperidine rings is 1. The van der Waals surface area contributed by atoms with E-state index in [-0.39, 0.29) is 25.4 Å². The molecule has 2 aromatic rings. The van der Waals surface area contributed by atoms with Gasteiger partial charge in [-0.25, -0.2) is 8.78 Å². The number of hydrogen-bond acceptors (Lipinski definition) is 5. The van der Waals surface area contributed by atoms with Crippen LogP contribution in [0.3, 0.4) is 0 Å². The zero-order chi connectivity index (χ0) is 26.6. The maximum Gasteiger partial charge on any atom is 0.234 e. The maximum absolute atomic E-state index is 13.8. The number of carbonyl (C=O) groups excluding carboxylic acids is 1. The summed E-state index contributed by atoms with van der Waals surface area (Å²) >= 11 is 0. The van der Waals surface area contributed by atoms with Gasteiger partial charge in [0.2, 0.25) is 5.91 Å². The Balaban J connectivity index is 1.57. The number of likely N-dealkylation sites (tertiary alicyclic amines) is 1. The van der Waals surface area contributed by atoms with E-state index in [4.69, 9.17) is 4.74 Å². The second-order valence-corrected chi connectivity index (χ2v) is 9.91. The van der Waals surface area contributed by atoms with Crippen molar-refractivity contribution >= 4 is 5.91 Å². The van der Waals surface area contributed by atoms with Crippen molar-refractivity contribution in [2.24, 2.45) is 5.92 Å². The molecule has 0 radical (unpaired) electrons. The molecule has 3 rings (SSSR count). The van der Waals surface area contributed by atoms with Gasteiger partial charge in [-0.2, -0.15) is 0 Å². The van der Waals surface area contributed by atoms with Gasteiger partial charge in [0.15, 0.2) is 0 Å². The molecule has 1 aliphatic heterocycles. The maximum atomic E-state index is 13.8. The van der Waals surface area contributed by atoms with E-state index in [0.29, 0.717) is 24.6 Å². The lowest BCUT2D eigenvalue weighted by Crippen LogP contribution is -2.51. The van der Waals surface area contributed by atoms with E-state index in [1.165, 1.54) is 17.7 Å². The second kappa shape index (κ2) is 15.1. The number of carbonyl (C=O) groups is 1. The van der Waals surface area contributed by atoms with Crippen LogP contribution >= 0.6 is 0 Å². The molecule has 1 amide bonds. The zero-order valence-electron chi connectivity index (χ0n) is 22.0. The number of nitrogens with one attached hydrogen (secondary N) is 2. The Hall–Kier alpha value is -2.39. The summed E-state index contributed by atoms with van der Waals surface area (Å²) in [6, 6.07) is 10.8. The van der Waals surface area contributed by atoms with Crippen molar-refractivity contribution in [1.29, 1.82) is 0 Å². The molecule has 2 aromatic carbocycles. The van der Waals surface area contributed by atoms with Gasteiger partial charge in [-0.1, -0.05) is 31.2 Å². The van der Waals surface area contributed by atoms with Crippen LogP contribution in [-0.2, 0) is 28.9 Å². The highest BCUT2D eigenvalue weighted by Gasteiger charge is 2.25. The van der Waals surface area contributed by atoms with E-state index >= 15 is 0 Å². The number of hydrogen-bond donors (Lipinski definition) is 3. The number of aliphatic hydroxyl groups is 1. The summed E-state index contributed by atoms with van der Waals surface area (Å²) in [5, 5.41) is 17.1. The third kappa shape index (κ3) is 10.1. The summed E-state index contributed by atoms with van der Waals surface area (Å²) in [7, 11) is 0. The van der Waals surface area contributed by atoms with Crippen molar-refractivity contribution in [2.75, 3.05) is 39.4 Å². The van der Waals surface area contributed by atoms with Gasteiger partial charge < -0.3 is 20.5 Å². The monoisotopic (exact) mass is 517 g/mol. The van der Waals surface area contributed by atoms with E-state index in [1.807, 2.05) is 19.1 Å². The molecule has 3 N–H and O–H groups in total. The fourth-order valence-corrected chi connectivity index (χ4v) is 4.78. The van der Waals surface area contributed by atoms with Crippen molar-refractivity contribution < 1.29 is 23.4 Å².